The first-order valence-corrected chi connectivity index (χ1v) is 5.66. The molecule has 0 aromatic heterocycles. The van der Waals surface area contributed by atoms with Gasteiger partial charge in [0.05, 0.1) is 11.1 Å². The lowest BCUT2D eigenvalue weighted by molar-refractivity contribution is 0.338. The molecule has 0 saturated heterocycles. The second-order valence-electron chi connectivity index (χ2n) is 3.14. The van der Waals surface area contributed by atoms with Gasteiger partial charge in [-0.15, -0.1) is 0 Å². The number of rotatable bonds is 4. The van der Waals surface area contributed by atoms with Gasteiger partial charge in [0.2, 0.25) is 0 Å². The molecule has 0 bridgehead atoms. The number of hydrogen-bond acceptors (Lipinski definition) is 2. The molecule has 0 radical (unpaired) electrons. The summed E-state index contributed by atoms with van der Waals surface area (Å²) in [4.78, 5) is 0. The molecule has 0 heterocycles. The molecular weight excluding hydrogens is 242 g/mol. The standard InChI is InChI=1S/C11H16BrNO/c1-3-10(13)8-5-6-11(14-4-2)9(12)7-8/h5-7,10H,3-4,13H2,1-2H3/t10-/m1/s1. The van der Waals surface area contributed by atoms with Gasteiger partial charge < -0.3 is 10.5 Å². The van der Waals surface area contributed by atoms with Crippen molar-refractivity contribution < 1.29 is 4.74 Å². The highest BCUT2D eigenvalue weighted by molar-refractivity contribution is 9.10. The zero-order valence-electron chi connectivity index (χ0n) is 8.59. The Morgan fingerprint density at radius 2 is 2.14 bits per heavy atom. The third-order valence-electron chi connectivity index (χ3n) is 2.12. The maximum Gasteiger partial charge on any atom is 0.133 e. The third-order valence-corrected chi connectivity index (χ3v) is 2.74. The highest BCUT2D eigenvalue weighted by atomic mass is 79.9. The van der Waals surface area contributed by atoms with Gasteiger partial charge in [-0.3, -0.25) is 0 Å². The fourth-order valence-electron chi connectivity index (χ4n) is 1.26. The minimum atomic E-state index is 0.113. The maximum atomic E-state index is 5.93. The second kappa shape index (κ2) is 5.37. The van der Waals surface area contributed by atoms with Gasteiger partial charge in [-0.25, -0.2) is 0 Å². The van der Waals surface area contributed by atoms with E-state index in [1.54, 1.807) is 0 Å². The van der Waals surface area contributed by atoms with Gasteiger partial charge >= 0.3 is 0 Å². The average Bonchev–Trinajstić information content (AvgIpc) is 2.20. The summed E-state index contributed by atoms with van der Waals surface area (Å²) in [5.74, 6) is 0.875. The lowest BCUT2D eigenvalue weighted by Crippen LogP contribution is -2.08. The van der Waals surface area contributed by atoms with Crippen molar-refractivity contribution in [3.05, 3.63) is 28.2 Å². The first-order valence-electron chi connectivity index (χ1n) is 4.86. The number of hydrogen-bond donors (Lipinski definition) is 1. The summed E-state index contributed by atoms with van der Waals surface area (Å²) in [5, 5.41) is 0. The summed E-state index contributed by atoms with van der Waals surface area (Å²) < 4.78 is 6.39. The minimum Gasteiger partial charge on any atom is -0.493 e. The van der Waals surface area contributed by atoms with Crippen molar-refractivity contribution >= 4 is 15.9 Å². The number of halogens is 1. The van der Waals surface area contributed by atoms with Crippen LogP contribution >= 0.6 is 15.9 Å². The highest BCUT2D eigenvalue weighted by Gasteiger charge is 2.06. The van der Waals surface area contributed by atoms with E-state index in [1.165, 1.54) is 0 Å². The van der Waals surface area contributed by atoms with E-state index in [9.17, 15) is 0 Å². The maximum absolute atomic E-state index is 5.93. The van der Waals surface area contributed by atoms with Crippen molar-refractivity contribution in [2.75, 3.05) is 6.61 Å². The Balaban J connectivity index is 2.88. The highest BCUT2D eigenvalue weighted by Crippen LogP contribution is 2.28. The summed E-state index contributed by atoms with van der Waals surface area (Å²) >= 11 is 3.47. The van der Waals surface area contributed by atoms with Crippen LogP contribution in [0.5, 0.6) is 5.75 Å². The van der Waals surface area contributed by atoms with Crippen molar-refractivity contribution in [3.8, 4) is 5.75 Å². The SMILES string of the molecule is CCOc1ccc([C@H](N)CC)cc1Br. The van der Waals surface area contributed by atoms with Crippen LogP contribution < -0.4 is 10.5 Å². The Hall–Kier alpha value is -0.540. The molecule has 0 saturated carbocycles. The Kier molecular flexibility index (Phi) is 4.42. The molecular formula is C11H16BrNO. The Morgan fingerprint density at radius 3 is 2.64 bits per heavy atom. The van der Waals surface area contributed by atoms with E-state index in [1.807, 2.05) is 25.1 Å². The van der Waals surface area contributed by atoms with Gasteiger partial charge in [0, 0.05) is 6.04 Å². The molecule has 3 heteroatoms. The van der Waals surface area contributed by atoms with E-state index in [0.717, 1.165) is 22.2 Å². The molecule has 1 aromatic carbocycles. The van der Waals surface area contributed by atoms with Crippen molar-refractivity contribution in [1.82, 2.24) is 0 Å². The van der Waals surface area contributed by atoms with Crippen LogP contribution in [0, 0.1) is 0 Å². The van der Waals surface area contributed by atoms with Crippen LogP contribution in [0.15, 0.2) is 22.7 Å². The van der Waals surface area contributed by atoms with E-state index < -0.39 is 0 Å². The molecule has 1 atom stereocenters. The van der Waals surface area contributed by atoms with E-state index in [0.29, 0.717) is 6.61 Å². The van der Waals surface area contributed by atoms with Crippen molar-refractivity contribution in [2.45, 2.75) is 26.3 Å². The molecule has 0 aliphatic heterocycles. The molecule has 0 aliphatic carbocycles. The van der Waals surface area contributed by atoms with Gasteiger partial charge in [-0.1, -0.05) is 13.0 Å². The van der Waals surface area contributed by atoms with Crippen molar-refractivity contribution in [1.29, 1.82) is 0 Å². The monoisotopic (exact) mass is 257 g/mol. The molecule has 0 fully saturated rings. The quantitative estimate of drug-likeness (QED) is 0.899. The van der Waals surface area contributed by atoms with E-state index in [-0.39, 0.29) is 6.04 Å². The van der Waals surface area contributed by atoms with Gasteiger partial charge in [0.1, 0.15) is 5.75 Å². The number of nitrogens with two attached hydrogens (primary N) is 1. The molecule has 1 aromatic rings. The zero-order chi connectivity index (χ0) is 10.6. The molecule has 0 aliphatic rings. The number of ether oxygens (including phenoxy) is 1. The van der Waals surface area contributed by atoms with Crippen molar-refractivity contribution in [2.24, 2.45) is 5.73 Å². The molecule has 0 amide bonds. The fourth-order valence-corrected chi connectivity index (χ4v) is 1.77. The zero-order valence-corrected chi connectivity index (χ0v) is 10.2. The van der Waals surface area contributed by atoms with Crippen LogP contribution in [0.1, 0.15) is 31.9 Å². The van der Waals surface area contributed by atoms with E-state index >= 15 is 0 Å². The van der Waals surface area contributed by atoms with Crippen LogP contribution in [0.3, 0.4) is 0 Å². The fraction of sp³-hybridized carbons (Fsp3) is 0.455. The van der Waals surface area contributed by atoms with Crippen LogP contribution in [-0.4, -0.2) is 6.61 Å². The first-order chi connectivity index (χ1) is 6.69. The minimum absolute atomic E-state index is 0.113. The lowest BCUT2D eigenvalue weighted by Gasteiger charge is -2.12. The van der Waals surface area contributed by atoms with E-state index in [2.05, 4.69) is 22.9 Å². The molecule has 0 unspecified atom stereocenters. The molecule has 14 heavy (non-hydrogen) atoms. The summed E-state index contributed by atoms with van der Waals surface area (Å²) in [6.07, 6.45) is 0.945. The molecule has 2 nitrogen and oxygen atoms in total. The molecule has 0 spiro atoms. The third kappa shape index (κ3) is 2.72. The smallest absolute Gasteiger partial charge is 0.133 e. The predicted octanol–water partition coefficient (Wildman–Crippen LogP) is 3.26. The average molecular weight is 258 g/mol. The van der Waals surface area contributed by atoms with Crippen LogP contribution in [-0.2, 0) is 0 Å². The van der Waals surface area contributed by atoms with Gasteiger partial charge in [0.25, 0.3) is 0 Å². The molecule has 78 valence electrons. The first kappa shape index (κ1) is 11.5. The number of benzene rings is 1. The lowest BCUT2D eigenvalue weighted by atomic mass is 10.1. The molecule has 2 N–H and O–H groups in total. The van der Waals surface area contributed by atoms with Crippen molar-refractivity contribution in [3.63, 3.8) is 0 Å². The summed E-state index contributed by atoms with van der Waals surface area (Å²) in [5.41, 5.74) is 7.07. The summed E-state index contributed by atoms with van der Waals surface area (Å²) in [6.45, 7) is 4.73. The van der Waals surface area contributed by atoms with Gasteiger partial charge in [-0.2, -0.15) is 0 Å². The van der Waals surface area contributed by atoms with Crippen LogP contribution in [0.4, 0.5) is 0 Å². The van der Waals surface area contributed by atoms with E-state index in [4.69, 9.17) is 10.5 Å². The largest absolute Gasteiger partial charge is 0.493 e. The predicted molar refractivity (Wildman–Crippen MR) is 62.5 cm³/mol. The van der Waals surface area contributed by atoms with Crippen LogP contribution in [0.2, 0.25) is 0 Å². The second-order valence-corrected chi connectivity index (χ2v) is 3.99. The van der Waals surface area contributed by atoms with Gasteiger partial charge in [-0.05, 0) is 47.0 Å². The Labute approximate surface area is 93.6 Å². The summed E-state index contributed by atoms with van der Waals surface area (Å²) in [7, 11) is 0. The Morgan fingerprint density at radius 1 is 1.43 bits per heavy atom. The van der Waals surface area contributed by atoms with Crippen LogP contribution in [0.25, 0.3) is 0 Å². The molecule has 1 rings (SSSR count). The summed E-state index contributed by atoms with van der Waals surface area (Å²) in [6, 6.07) is 6.11. The topological polar surface area (TPSA) is 35.2 Å². The van der Waals surface area contributed by atoms with Gasteiger partial charge in [0.15, 0.2) is 0 Å². The normalized spacial score (nSPS) is 12.6. The Bertz CT molecular complexity index is 301.